The van der Waals surface area contributed by atoms with Crippen LogP contribution in [0.5, 0.6) is 0 Å². The van der Waals surface area contributed by atoms with Gasteiger partial charge in [0.1, 0.15) is 0 Å². The largest absolute Gasteiger partial charge is 0.288 e. The molecule has 0 spiro atoms. The summed E-state index contributed by atoms with van der Waals surface area (Å²) in [5.41, 5.74) is 0. The van der Waals surface area contributed by atoms with Gasteiger partial charge in [-0.25, -0.2) is 8.42 Å². The van der Waals surface area contributed by atoms with E-state index < -0.39 is 11.0 Å². The SMILES string of the molecule is O=[SH](=O)O.[Lu]. The summed E-state index contributed by atoms with van der Waals surface area (Å²) in [7, 11) is -3.12. The van der Waals surface area contributed by atoms with E-state index >= 15 is 0 Å². The van der Waals surface area contributed by atoms with E-state index in [2.05, 4.69) is 0 Å². The molecule has 1 N–H and O–H groups in total. The molecule has 0 aromatic rings. The van der Waals surface area contributed by atoms with E-state index in [9.17, 15) is 0 Å². The Kier molecular flexibility index (Phi) is 9.74. The Balaban J connectivity index is 0. The smallest absolute Gasteiger partial charge is 0.254 e. The monoisotopic (exact) mass is 257 g/mol. The number of hydrogen-bond acceptors (Lipinski definition) is 2. The van der Waals surface area contributed by atoms with Crippen molar-refractivity contribution in [3.05, 3.63) is 0 Å². The summed E-state index contributed by atoms with van der Waals surface area (Å²) < 4.78 is 24.2. The van der Waals surface area contributed by atoms with E-state index in [4.69, 9.17) is 13.0 Å². The molecule has 0 heterocycles. The summed E-state index contributed by atoms with van der Waals surface area (Å²) in [6.07, 6.45) is 0. The second-order valence-corrected chi connectivity index (χ2v) is 0.714. The average Bonchev–Trinajstić information content (AvgIpc) is 0.811. The Morgan fingerprint density at radius 3 is 1.40 bits per heavy atom. The summed E-state index contributed by atoms with van der Waals surface area (Å²) in [6, 6.07) is 0. The van der Waals surface area contributed by atoms with E-state index in [-0.39, 0.29) is 36.9 Å². The quantitative estimate of drug-likeness (QED) is 0.435. The predicted molar refractivity (Wildman–Crippen MR) is 12.9 cm³/mol. The minimum atomic E-state index is -3.12. The Bertz CT molecular complexity index is 55.3. The molecule has 0 bridgehead atoms. The maximum atomic E-state index is 8.59. The van der Waals surface area contributed by atoms with Gasteiger partial charge in [-0.05, 0) is 0 Å². The van der Waals surface area contributed by atoms with Crippen LogP contribution < -0.4 is 0 Å². The van der Waals surface area contributed by atoms with Crippen molar-refractivity contribution < 1.29 is 49.8 Å². The van der Waals surface area contributed by atoms with E-state index in [1.165, 1.54) is 0 Å². The van der Waals surface area contributed by atoms with Gasteiger partial charge >= 0.3 is 0 Å². The molecule has 5 heavy (non-hydrogen) atoms. The zero-order valence-electron chi connectivity index (χ0n) is 1.97. The second kappa shape index (κ2) is 5.14. The zero-order valence-corrected chi connectivity index (χ0v) is 4.52. The molecule has 0 rings (SSSR count). The van der Waals surface area contributed by atoms with Crippen LogP contribution in [0.3, 0.4) is 0 Å². The van der Waals surface area contributed by atoms with Gasteiger partial charge in [0.25, 0.3) is 11.0 Å². The molecular weight excluding hydrogens is 255 g/mol. The molecule has 1 radical (unpaired) electrons. The maximum Gasteiger partial charge on any atom is 0.254 e. The van der Waals surface area contributed by atoms with Crippen LogP contribution in [0.4, 0.5) is 0 Å². The van der Waals surface area contributed by atoms with Crippen molar-refractivity contribution in [2.45, 2.75) is 0 Å². The van der Waals surface area contributed by atoms with Gasteiger partial charge in [-0.2, -0.15) is 0 Å². The molecule has 0 aromatic heterocycles. The van der Waals surface area contributed by atoms with Crippen LogP contribution >= 0.6 is 0 Å². The summed E-state index contributed by atoms with van der Waals surface area (Å²) >= 11 is 0. The van der Waals surface area contributed by atoms with Gasteiger partial charge in [-0.3, -0.25) is 4.55 Å². The Hall–Kier alpha value is 1.14. The van der Waals surface area contributed by atoms with Crippen molar-refractivity contribution in [1.29, 1.82) is 0 Å². The first-order valence-corrected chi connectivity index (χ1v) is 1.70. The zero-order chi connectivity index (χ0) is 3.58. The maximum absolute atomic E-state index is 8.59. The van der Waals surface area contributed by atoms with Crippen molar-refractivity contribution in [2.24, 2.45) is 0 Å². The Morgan fingerprint density at radius 1 is 1.40 bits per heavy atom. The van der Waals surface area contributed by atoms with Gasteiger partial charge < -0.3 is 0 Å². The molecule has 41 valence electrons. The van der Waals surface area contributed by atoms with Gasteiger partial charge in [0, 0.05) is 36.9 Å². The fourth-order valence-corrected chi connectivity index (χ4v) is 0. The standard InChI is InChI=1S/Lu.H2O3S/c;1-4(2)3/h;4H,(H,1,2,3). The van der Waals surface area contributed by atoms with Crippen LogP contribution in [0.1, 0.15) is 0 Å². The van der Waals surface area contributed by atoms with Gasteiger partial charge in [0.2, 0.25) is 0 Å². The third-order valence-corrected chi connectivity index (χ3v) is 0. The van der Waals surface area contributed by atoms with E-state index in [1.54, 1.807) is 0 Å². The van der Waals surface area contributed by atoms with E-state index in [0.717, 1.165) is 0 Å². The van der Waals surface area contributed by atoms with Crippen molar-refractivity contribution in [3.8, 4) is 0 Å². The molecule has 0 saturated heterocycles. The van der Waals surface area contributed by atoms with Crippen LogP contribution in [-0.2, 0) is 11.0 Å². The Labute approximate surface area is 60.3 Å². The molecule has 0 aliphatic rings. The van der Waals surface area contributed by atoms with Gasteiger partial charge in [0.05, 0.1) is 0 Å². The normalized spacial score (nSPS) is 6.80. The third-order valence-electron chi connectivity index (χ3n) is 0. The molecule has 0 unspecified atom stereocenters. The van der Waals surface area contributed by atoms with Crippen LogP contribution in [-0.4, -0.2) is 13.0 Å². The first kappa shape index (κ1) is 9.47. The topological polar surface area (TPSA) is 54.4 Å². The number of hydrogen-bond donors (Lipinski definition) is 2. The molecule has 0 saturated carbocycles. The predicted octanol–water partition coefficient (Wildman–Crippen LogP) is -0.929. The molecular formula is H2LuO3S. The molecule has 0 fully saturated rings. The number of rotatable bonds is 0. The summed E-state index contributed by atoms with van der Waals surface area (Å²) in [5.74, 6) is 0. The average molecular weight is 257 g/mol. The second-order valence-electron chi connectivity index (χ2n) is 0.238. The van der Waals surface area contributed by atoms with Crippen molar-refractivity contribution in [3.63, 3.8) is 0 Å². The minimum absolute atomic E-state index is 0. The molecule has 3 nitrogen and oxygen atoms in total. The van der Waals surface area contributed by atoms with Gasteiger partial charge in [-0.15, -0.1) is 0 Å². The van der Waals surface area contributed by atoms with Crippen LogP contribution in [0.25, 0.3) is 0 Å². The van der Waals surface area contributed by atoms with Crippen LogP contribution in [0.15, 0.2) is 0 Å². The third kappa shape index (κ3) is 38.9. The minimum Gasteiger partial charge on any atom is -0.288 e. The van der Waals surface area contributed by atoms with Gasteiger partial charge in [-0.1, -0.05) is 0 Å². The van der Waals surface area contributed by atoms with E-state index in [0.29, 0.717) is 0 Å². The molecule has 0 aliphatic carbocycles. The Morgan fingerprint density at radius 2 is 1.40 bits per heavy atom. The fourth-order valence-electron chi connectivity index (χ4n) is 0. The molecule has 0 atom stereocenters. The number of thiol groups is 1. The fraction of sp³-hybridized carbons (Fsp3) is 0. The van der Waals surface area contributed by atoms with Crippen molar-refractivity contribution in [1.82, 2.24) is 0 Å². The van der Waals surface area contributed by atoms with E-state index in [1.807, 2.05) is 0 Å². The first-order chi connectivity index (χ1) is 1.73. The molecule has 0 aromatic carbocycles. The first-order valence-electron chi connectivity index (χ1n) is 0.565. The molecule has 0 amide bonds. The van der Waals surface area contributed by atoms with Crippen molar-refractivity contribution >= 4 is 11.0 Å². The summed E-state index contributed by atoms with van der Waals surface area (Å²) in [4.78, 5) is 0. The molecule has 0 aliphatic heterocycles. The van der Waals surface area contributed by atoms with Crippen molar-refractivity contribution in [2.75, 3.05) is 0 Å². The summed E-state index contributed by atoms with van der Waals surface area (Å²) in [5, 5.41) is 0. The van der Waals surface area contributed by atoms with Gasteiger partial charge in [0.15, 0.2) is 0 Å². The van der Waals surface area contributed by atoms with Crippen LogP contribution in [0.2, 0.25) is 0 Å². The van der Waals surface area contributed by atoms with Crippen LogP contribution in [0, 0.1) is 36.9 Å². The summed E-state index contributed by atoms with van der Waals surface area (Å²) in [6.45, 7) is 0. The molecule has 5 heteroatoms.